The number of hydrogen-bond donors (Lipinski definition) is 1. The number of phenols is 1. The Bertz CT molecular complexity index is 522. The molecule has 1 heterocycles. The molecule has 0 saturated heterocycles. The molecular weight excluding hydrogens is 257 g/mol. The van der Waals surface area contributed by atoms with Crippen molar-refractivity contribution >= 4 is 11.6 Å². The van der Waals surface area contributed by atoms with Crippen molar-refractivity contribution in [3.05, 3.63) is 59.7 Å². The summed E-state index contributed by atoms with van der Waals surface area (Å²) in [5.74, 6) is -0.453. The average molecular weight is 268 g/mol. The summed E-state index contributed by atoms with van der Waals surface area (Å²) in [6.45, 7) is -0.0245. The van der Waals surface area contributed by atoms with Gasteiger partial charge in [-0.25, -0.2) is 4.39 Å². The first kappa shape index (κ1) is 12.8. The average Bonchev–Trinajstić information content (AvgIpc) is 2.40. The molecule has 0 saturated carbocycles. The van der Waals surface area contributed by atoms with Gasteiger partial charge in [0.25, 0.3) is 0 Å². The molecule has 5 heteroatoms. The van der Waals surface area contributed by atoms with E-state index in [0.717, 1.165) is 0 Å². The van der Waals surface area contributed by atoms with Crippen molar-refractivity contribution in [1.29, 1.82) is 0 Å². The number of ether oxygens (including phenoxy) is 1. The third-order valence-electron chi connectivity index (χ3n) is 2.36. The molecule has 2 aromatic rings. The molecule has 0 aliphatic carbocycles. The van der Waals surface area contributed by atoms with Gasteiger partial charge in [0, 0.05) is 23.5 Å². The first-order chi connectivity index (χ1) is 8.66. The lowest BCUT2D eigenvalue weighted by molar-refractivity contribution is 0.0918. The molecule has 1 N–H and O–H groups in total. The fourth-order valence-electron chi connectivity index (χ4n) is 1.44. The fourth-order valence-corrected chi connectivity index (χ4v) is 1.63. The van der Waals surface area contributed by atoms with E-state index in [9.17, 15) is 9.50 Å². The van der Waals surface area contributed by atoms with Crippen LogP contribution in [0, 0.1) is 5.82 Å². The Morgan fingerprint density at radius 3 is 2.94 bits per heavy atom. The Hall–Kier alpha value is -1.65. The van der Waals surface area contributed by atoms with E-state index in [0.29, 0.717) is 5.56 Å². The molecule has 0 bridgehead atoms. The molecule has 94 valence electrons. The normalized spacial score (nSPS) is 12.3. The zero-order chi connectivity index (χ0) is 13.0. The largest absolute Gasteiger partial charge is 0.508 e. The molecule has 3 nitrogen and oxygen atoms in total. The molecule has 0 spiro atoms. The second-order valence-electron chi connectivity index (χ2n) is 3.69. The summed E-state index contributed by atoms with van der Waals surface area (Å²) in [4.78, 5) is 3.91. The standard InChI is InChI=1S/C13H11ClFNO2/c14-13(9-2-1-5-16-7-9)18-8-10-6-11(17)3-4-12(10)15/h1-7,13,17H,8H2. The highest BCUT2D eigenvalue weighted by molar-refractivity contribution is 6.19. The summed E-state index contributed by atoms with van der Waals surface area (Å²) in [5, 5.41) is 9.25. The van der Waals surface area contributed by atoms with Crippen LogP contribution in [0.3, 0.4) is 0 Å². The molecule has 0 aliphatic heterocycles. The molecule has 1 unspecified atom stereocenters. The Morgan fingerprint density at radius 1 is 1.39 bits per heavy atom. The molecule has 0 fully saturated rings. The molecule has 0 aliphatic rings. The van der Waals surface area contributed by atoms with E-state index in [1.165, 1.54) is 18.2 Å². The number of aromatic nitrogens is 1. The summed E-state index contributed by atoms with van der Waals surface area (Å²) in [6, 6.07) is 7.27. The van der Waals surface area contributed by atoms with E-state index in [4.69, 9.17) is 16.3 Å². The van der Waals surface area contributed by atoms with Gasteiger partial charge in [0.05, 0.1) is 6.61 Å². The van der Waals surface area contributed by atoms with Crippen molar-refractivity contribution < 1.29 is 14.2 Å². The highest BCUT2D eigenvalue weighted by atomic mass is 35.5. The number of rotatable bonds is 4. The van der Waals surface area contributed by atoms with Crippen LogP contribution in [0.1, 0.15) is 16.7 Å². The van der Waals surface area contributed by atoms with E-state index in [2.05, 4.69) is 4.98 Å². The molecule has 2 rings (SSSR count). The van der Waals surface area contributed by atoms with Crippen molar-refractivity contribution in [2.75, 3.05) is 0 Å². The minimum Gasteiger partial charge on any atom is -0.508 e. The van der Waals surface area contributed by atoms with Crippen LogP contribution in [0.15, 0.2) is 42.7 Å². The Labute approximate surface area is 109 Å². The SMILES string of the molecule is Oc1ccc(F)c(COC(Cl)c2cccnc2)c1. The number of phenolic OH excluding ortho intramolecular Hbond substituents is 1. The van der Waals surface area contributed by atoms with Gasteiger partial charge in [-0.1, -0.05) is 17.7 Å². The van der Waals surface area contributed by atoms with E-state index in [1.54, 1.807) is 24.5 Å². The van der Waals surface area contributed by atoms with Gasteiger partial charge >= 0.3 is 0 Å². The third-order valence-corrected chi connectivity index (χ3v) is 2.74. The van der Waals surface area contributed by atoms with Crippen LogP contribution in [0.25, 0.3) is 0 Å². The first-order valence-electron chi connectivity index (χ1n) is 5.30. The summed E-state index contributed by atoms with van der Waals surface area (Å²) < 4.78 is 18.7. The zero-order valence-electron chi connectivity index (χ0n) is 9.38. The minimum absolute atomic E-state index is 0.0116. The van der Waals surface area contributed by atoms with Gasteiger partial charge in [-0.3, -0.25) is 4.98 Å². The van der Waals surface area contributed by atoms with Crippen LogP contribution in [0.5, 0.6) is 5.75 Å². The van der Waals surface area contributed by atoms with Crippen LogP contribution in [0.4, 0.5) is 4.39 Å². The van der Waals surface area contributed by atoms with Crippen LogP contribution in [0.2, 0.25) is 0 Å². The van der Waals surface area contributed by atoms with E-state index in [-0.39, 0.29) is 17.9 Å². The van der Waals surface area contributed by atoms with Crippen molar-refractivity contribution in [3.8, 4) is 5.75 Å². The van der Waals surface area contributed by atoms with Gasteiger partial charge in [-0.2, -0.15) is 0 Å². The summed E-state index contributed by atoms with van der Waals surface area (Å²) in [5.41, 5.74) is 0.240. The monoisotopic (exact) mass is 267 g/mol. The third kappa shape index (κ3) is 3.18. The number of benzene rings is 1. The smallest absolute Gasteiger partial charge is 0.158 e. The predicted octanol–water partition coefficient (Wildman–Crippen LogP) is 3.38. The Balaban J connectivity index is 2.01. The molecule has 0 amide bonds. The quantitative estimate of drug-likeness (QED) is 0.864. The van der Waals surface area contributed by atoms with Gasteiger partial charge in [0.15, 0.2) is 5.56 Å². The second kappa shape index (κ2) is 5.80. The van der Waals surface area contributed by atoms with E-state index < -0.39 is 11.4 Å². The van der Waals surface area contributed by atoms with Crippen LogP contribution in [-0.2, 0) is 11.3 Å². The lowest BCUT2D eigenvalue weighted by atomic mass is 10.2. The topological polar surface area (TPSA) is 42.4 Å². The van der Waals surface area contributed by atoms with Gasteiger partial charge in [-0.15, -0.1) is 0 Å². The van der Waals surface area contributed by atoms with Gasteiger partial charge < -0.3 is 9.84 Å². The van der Waals surface area contributed by atoms with Crippen molar-refractivity contribution in [2.45, 2.75) is 12.2 Å². The summed E-state index contributed by atoms with van der Waals surface area (Å²) in [6.07, 6.45) is 3.21. The second-order valence-corrected chi connectivity index (χ2v) is 4.09. The van der Waals surface area contributed by atoms with Crippen LogP contribution >= 0.6 is 11.6 Å². The van der Waals surface area contributed by atoms with Crippen molar-refractivity contribution in [2.24, 2.45) is 0 Å². The molecule has 1 atom stereocenters. The lowest BCUT2D eigenvalue weighted by Gasteiger charge is -2.11. The number of halogens is 2. The van der Waals surface area contributed by atoms with Gasteiger partial charge in [-0.05, 0) is 24.3 Å². The maximum absolute atomic E-state index is 13.4. The highest BCUT2D eigenvalue weighted by Gasteiger charge is 2.10. The van der Waals surface area contributed by atoms with Crippen LogP contribution < -0.4 is 0 Å². The number of alkyl halides is 1. The molecule has 18 heavy (non-hydrogen) atoms. The molecular formula is C13H11ClFNO2. The lowest BCUT2D eigenvalue weighted by Crippen LogP contribution is -2.00. The Kier molecular flexibility index (Phi) is 4.12. The number of pyridine rings is 1. The fraction of sp³-hybridized carbons (Fsp3) is 0.154. The van der Waals surface area contributed by atoms with E-state index in [1.807, 2.05) is 0 Å². The number of aromatic hydroxyl groups is 1. The summed E-state index contributed by atoms with van der Waals surface area (Å²) in [7, 11) is 0. The zero-order valence-corrected chi connectivity index (χ0v) is 10.1. The molecule has 1 aromatic heterocycles. The number of hydrogen-bond acceptors (Lipinski definition) is 3. The molecule has 0 radical (unpaired) electrons. The highest BCUT2D eigenvalue weighted by Crippen LogP contribution is 2.24. The van der Waals surface area contributed by atoms with Gasteiger partial charge in [0.2, 0.25) is 0 Å². The van der Waals surface area contributed by atoms with Crippen molar-refractivity contribution in [1.82, 2.24) is 4.98 Å². The first-order valence-corrected chi connectivity index (χ1v) is 5.73. The van der Waals surface area contributed by atoms with Crippen molar-refractivity contribution in [3.63, 3.8) is 0 Å². The van der Waals surface area contributed by atoms with Crippen LogP contribution in [-0.4, -0.2) is 10.1 Å². The maximum atomic E-state index is 13.4. The summed E-state index contributed by atoms with van der Waals surface area (Å²) >= 11 is 6.00. The Morgan fingerprint density at radius 2 is 2.22 bits per heavy atom. The number of nitrogens with zero attached hydrogens (tertiary/aromatic N) is 1. The van der Waals surface area contributed by atoms with Gasteiger partial charge in [0.1, 0.15) is 11.6 Å². The van der Waals surface area contributed by atoms with E-state index >= 15 is 0 Å². The minimum atomic E-state index is -0.708. The maximum Gasteiger partial charge on any atom is 0.158 e. The molecule has 1 aromatic carbocycles. The predicted molar refractivity (Wildman–Crippen MR) is 65.7 cm³/mol.